The minimum atomic E-state index is -1.53. The number of amides is 4. The van der Waals surface area contributed by atoms with Crippen LogP contribution in [0.2, 0.25) is 0 Å². The van der Waals surface area contributed by atoms with Crippen LogP contribution in [0.5, 0.6) is 0 Å². The lowest BCUT2D eigenvalue weighted by molar-refractivity contribution is -0.143. The summed E-state index contributed by atoms with van der Waals surface area (Å²) in [5.74, 6) is -4.48. The fourth-order valence-corrected chi connectivity index (χ4v) is 3.47. The number of carboxylic acids is 1. The van der Waals surface area contributed by atoms with Gasteiger partial charge < -0.3 is 43.4 Å². The first-order valence-corrected chi connectivity index (χ1v) is 12.1. The standard InChI is InChI=1S/C24H38N6O7/c1-14(31)20(23(35)29-18(24(36)37)10-11-19(27)32)30-22(34)17(9-5-6-12-25)28-21(33)16(26)13-15-7-3-2-4-8-15/h2-4,7-8,14,16-18,20,31H,5-6,9-13,25-26H2,1H3,(H2,27,32)(H,28,33)(H,29,35)(H,30,34)(H,36,37). The normalized spacial score (nSPS) is 14.9. The smallest absolute Gasteiger partial charge is 0.326 e. The first-order valence-electron chi connectivity index (χ1n) is 12.1. The number of primary amides is 1. The number of aliphatic hydroxyl groups excluding tert-OH is 1. The molecular formula is C24H38N6O7. The number of benzene rings is 1. The summed E-state index contributed by atoms with van der Waals surface area (Å²) in [4.78, 5) is 60.9. The van der Waals surface area contributed by atoms with Crippen LogP contribution < -0.4 is 33.2 Å². The van der Waals surface area contributed by atoms with Crippen molar-refractivity contribution in [1.82, 2.24) is 16.0 Å². The molecule has 13 nitrogen and oxygen atoms in total. The highest BCUT2D eigenvalue weighted by Gasteiger charge is 2.32. The van der Waals surface area contributed by atoms with E-state index in [0.29, 0.717) is 19.4 Å². The Bertz CT molecular complexity index is 912. The summed E-state index contributed by atoms with van der Waals surface area (Å²) >= 11 is 0. The van der Waals surface area contributed by atoms with Crippen molar-refractivity contribution in [3.63, 3.8) is 0 Å². The van der Waals surface area contributed by atoms with Gasteiger partial charge >= 0.3 is 5.97 Å². The van der Waals surface area contributed by atoms with Crippen molar-refractivity contribution in [2.24, 2.45) is 17.2 Å². The van der Waals surface area contributed by atoms with Gasteiger partial charge in [0.25, 0.3) is 0 Å². The Morgan fingerprint density at radius 2 is 1.51 bits per heavy atom. The average Bonchev–Trinajstić information content (AvgIpc) is 2.84. The van der Waals surface area contributed by atoms with E-state index in [1.807, 2.05) is 30.3 Å². The van der Waals surface area contributed by atoms with Gasteiger partial charge in [-0.15, -0.1) is 0 Å². The zero-order valence-electron chi connectivity index (χ0n) is 20.9. The van der Waals surface area contributed by atoms with Crippen molar-refractivity contribution in [3.8, 4) is 0 Å². The van der Waals surface area contributed by atoms with E-state index >= 15 is 0 Å². The molecule has 0 aliphatic rings. The van der Waals surface area contributed by atoms with Gasteiger partial charge in [0, 0.05) is 6.42 Å². The quantitative estimate of drug-likeness (QED) is 0.104. The van der Waals surface area contributed by atoms with Crippen molar-refractivity contribution in [3.05, 3.63) is 35.9 Å². The molecule has 1 aromatic carbocycles. The van der Waals surface area contributed by atoms with E-state index in [2.05, 4.69) is 16.0 Å². The summed E-state index contributed by atoms with van der Waals surface area (Å²) in [6.07, 6.45) is -0.467. The van der Waals surface area contributed by atoms with E-state index in [9.17, 15) is 34.2 Å². The maximum absolute atomic E-state index is 13.0. The first kappa shape index (κ1) is 31.5. The SMILES string of the molecule is CC(O)C(NC(=O)C(CCCCN)NC(=O)C(N)Cc1ccccc1)C(=O)NC(CCC(N)=O)C(=O)O. The second-order valence-electron chi connectivity index (χ2n) is 8.77. The highest BCUT2D eigenvalue weighted by atomic mass is 16.4. The number of rotatable bonds is 17. The molecule has 0 aliphatic heterocycles. The van der Waals surface area contributed by atoms with Crippen molar-refractivity contribution in [1.29, 1.82) is 0 Å². The molecule has 5 atom stereocenters. The number of carbonyl (C=O) groups excluding carboxylic acids is 4. The summed E-state index contributed by atoms with van der Waals surface area (Å²) in [6.45, 7) is 1.61. The lowest BCUT2D eigenvalue weighted by Crippen LogP contribution is -2.60. The highest BCUT2D eigenvalue weighted by Crippen LogP contribution is 2.07. The summed E-state index contributed by atoms with van der Waals surface area (Å²) < 4.78 is 0. The molecule has 0 aromatic heterocycles. The van der Waals surface area contributed by atoms with Crippen LogP contribution in [0.15, 0.2) is 30.3 Å². The molecule has 206 valence electrons. The number of unbranched alkanes of at least 4 members (excludes halogenated alkanes) is 1. The summed E-state index contributed by atoms with van der Waals surface area (Å²) in [7, 11) is 0. The molecule has 1 rings (SSSR count). The number of carbonyl (C=O) groups is 5. The van der Waals surface area contributed by atoms with Gasteiger partial charge in [-0.2, -0.15) is 0 Å². The molecule has 5 unspecified atom stereocenters. The van der Waals surface area contributed by atoms with E-state index in [1.54, 1.807) is 0 Å². The third-order valence-electron chi connectivity index (χ3n) is 5.57. The third kappa shape index (κ3) is 11.8. The molecular weight excluding hydrogens is 484 g/mol. The highest BCUT2D eigenvalue weighted by molar-refractivity contribution is 5.94. The molecule has 0 fully saturated rings. The maximum Gasteiger partial charge on any atom is 0.326 e. The summed E-state index contributed by atoms with van der Waals surface area (Å²) in [5.41, 5.74) is 17.4. The molecule has 11 N–H and O–H groups in total. The van der Waals surface area contributed by atoms with Crippen LogP contribution in [0, 0.1) is 0 Å². The van der Waals surface area contributed by atoms with Gasteiger partial charge in [0.1, 0.15) is 18.1 Å². The summed E-state index contributed by atoms with van der Waals surface area (Å²) in [5, 5.41) is 26.6. The van der Waals surface area contributed by atoms with Gasteiger partial charge in [-0.1, -0.05) is 30.3 Å². The Hall–Kier alpha value is -3.55. The molecule has 0 bridgehead atoms. The molecule has 37 heavy (non-hydrogen) atoms. The first-order chi connectivity index (χ1) is 17.5. The number of carboxylic acid groups (broad SMARTS) is 1. The fourth-order valence-electron chi connectivity index (χ4n) is 3.47. The van der Waals surface area contributed by atoms with Gasteiger partial charge in [0.2, 0.25) is 23.6 Å². The Balaban J connectivity index is 2.92. The molecule has 0 heterocycles. The maximum atomic E-state index is 13.0. The van der Waals surface area contributed by atoms with Crippen LogP contribution in [0.4, 0.5) is 0 Å². The number of nitrogens with two attached hydrogens (primary N) is 3. The van der Waals surface area contributed by atoms with E-state index in [0.717, 1.165) is 5.56 Å². The number of aliphatic hydroxyl groups is 1. The largest absolute Gasteiger partial charge is 0.480 e. The number of hydrogen-bond donors (Lipinski definition) is 8. The van der Waals surface area contributed by atoms with E-state index < -0.39 is 59.9 Å². The van der Waals surface area contributed by atoms with Gasteiger partial charge in [-0.05, 0) is 51.1 Å². The van der Waals surface area contributed by atoms with Crippen LogP contribution in [-0.4, -0.2) is 76.6 Å². The second kappa shape index (κ2) is 16.2. The van der Waals surface area contributed by atoms with E-state index in [-0.39, 0.29) is 25.7 Å². The van der Waals surface area contributed by atoms with E-state index in [1.165, 1.54) is 6.92 Å². The molecule has 0 aliphatic carbocycles. The van der Waals surface area contributed by atoms with Gasteiger partial charge in [0.15, 0.2) is 0 Å². The number of nitrogens with one attached hydrogen (secondary N) is 3. The van der Waals surface area contributed by atoms with Crippen LogP contribution >= 0.6 is 0 Å². The van der Waals surface area contributed by atoms with Crippen molar-refractivity contribution >= 4 is 29.6 Å². The van der Waals surface area contributed by atoms with Crippen LogP contribution in [0.25, 0.3) is 0 Å². The zero-order chi connectivity index (χ0) is 28.0. The average molecular weight is 523 g/mol. The lowest BCUT2D eigenvalue weighted by atomic mass is 10.0. The minimum Gasteiger partial charge on any atom is -0.480 e. The Morgan fingerprint density at radius 1 is 0.892 bits per heavy atom. The molecule has 1 aromatic rings. The van der Waals surface area contributed by atoms with Crippen LogP contribution in [0.1, 0.15) is 44.6 Å². The summed E-state index contributed by atoms with van der Waals surface area (Å²) in [6, 6.07) is 4.07. The molecule has 4 amide bonds. The fraction of sp³-hybridized carbons (Fsp3) is 0.542. The Kier molecular flexibility index (Phi) is 13.8. The molecule has 0 saturated heterocycles. The lowest BCUT2D eigenvalue weighted by Gasteiger charge is -2.26. The second-order valence-corrected chi connectivity index (χ2v) is 8.77. The van der Waals surface area contributed by atoms with Crippen LogP contribution in [-0.2, 0) is 30.4 Å². The van der Waals surface area contributed by atoms with Crippen molar-refractivity contribution in [2.75, 3.05) is 6.54 Å². The number of aliphatic carboxylic acids is 1. The minimum absolute atomic E-state index is 0.192. The van der Waals surface area contributed by atoms with Crippen molar-refractivity contribution < 1.29 is 34.2 Å². The topological polar surface area (TPSA) is 240 Å². The van der Waals surface area contributed by atoms with Crippen molar-refractivity contribution in [2.45, 2.75) is 75.7 Å². The monoisotopic (exact) mass is 522 g/mol. The molecule has 0 saturated carbocycles. The van der Waals surface area contributed by atoms with Gasteiger partial charge in [-0.25, -0.2) is 4.79 Å². The van der Waals surface area contributed by atoms with Crippen LogP contribution in [0.3, 0.4) is 0 Å². The molecule has 0 spiro atoms. The predicted octanol–water partition coefficient (Wildman–Crippen LogP) is -2.13. The van der Waals surface area contributed by atoms with E-state index in [4.69, 9.17) is 17.2 Å². The third-order valence-corrected chi connectivity index (χ3v) is 5.57. The predicted molar refractivity (Wildman–Crippen MR) is 135 cm³/mol. The Labute approximate surface area is 215 Å². The van der Waals surface area contributed by atoms with Gasteiger partial charge in [0.05, 0.1) is 12.1 Å². The number of hydrogen-bond acceptors (Lipinski definition) is 8. The zero-order valence-corrected chi connectivity index (χ0v) is 20.9. The Morgan fingerprint density at radius 3 is 2.05 bits per heavy atom. The molecule has 13 heteroatoms. The van der Waals surface area contributed by atoms with Gasteiger partial charge in [-0.3, -0.25) is 19.2 Å². The molecule has 0 radical (unpaired) electrons.